The molecule has 0 amide bonds. The van der Waals surface area contributed by atoms with E-state index in [0.717, 1.165) is 18.2 Å². The Balaban J connectivity index is 2.20. The Hall–Kier alpha value is -1.78. The smallest absolute Gasteiger partial charge is 0.340 e. The van der Waals surface area contributed by atoms with Gasteiger partial charge in [0, 0.05) is 13.6 Å². The zero-order valence-electron chi connectivity index (χ0n) is 11.7. The molecule has 2 atom stereocenters. The van der Waals surface area contributed by atoms with Gasteiger partial charge in [0.2, 0.25) is 0 Å². The third-order valence-corrected chi connectivity index (χ3v) is 3.60. The van der Waals surface area contributed by atoms with Gasteiger partial charge in [-0.15, -0.1) is 0 Å². The van der Waals surface area contributed by atoms with Crippen LogP contribution in [0.15, 0.2) is 12.3 Å². The maximum Gasteiger partial charge on any atom is 0.340 e. The van der Waals surface area contributed by atoms with Crippen molar-refractivity contribution in [2.45, 2.75) is 20.3 Å². The van der Waals surface area contributed by atoms with Crippen molar-refractivity contribution in [1.82, 2.24) is 4.98 Å². The number of hydrogen-bond acceptors (Lipinski definition) is 5. The van der Waals surface area contributed by atoms with E-state index in [1.807, 2.05) is 7.05 Å². The highest BCUT2D eigenvalue weighted by Crippen LogP contribution is 2.39. The highest BCUT2D eigenvalue weighted by Gasteiger charge is 2.34. The summed E-state index contributed by atoms with van der Waals surface area (Å²) in [7, 11) is 1.97. The van der Waals surface area contributed by atoms with Crippen LogP contribution >= 0.6 is 0 Å². The summed E-state index contributed by atoms with van der Waals surface area (Å²) in [6.45, 7) is 5.31. The van der Waals surface area contributed by atoms with Gasteiger partial charge in [-0.25, -0.2) is 9.78 Å². The van der Waals surface area contributed by atoms with Crippen LogP contribution in [0.5, 0.6) is 0 Å². The Morgan fingerprint density at radius 1 is 1.63 bits per heavy atom. The molecular weight excluding hydrogens is 242 g/mol. The van der Waals surface area contributed by atoms with Crippen LogP contribution < -0.4 is 10.6 Å². The van der Waals surface area contributed by atoms with Gasteiger partial charge in [-0.05, 0) is 31.2 Å². The van der Waals surface area contributed by atoms with Crippen LogP contribution in [0.1, 0.15) is 30.6 Å². The third kappa shape index (κ3) is 3.16. The topological polar surface area (TPSA) is 68.5 Å². The minimum absolute atomic E-state index is 0.333. The molecule has 5 heteroatoms. The van der Waals surface area contributed by atoms with Crippen molar-refractivity contribution in [2.24, 2.45) is 11.8 Å². The second-order valence-corrected chi connectivity index (χ2v) is 5.20. The second-order valence-electron chi connectivity index (χ2n) is 5.20. The van der Waals surface area contributed by atoms with Crippen molar-refractivity contribution in [2.75, 3.05) is 30.8 Å². The number of nitrogens with two attached hydrogens (primary N) is 1. The fourth-order valence-electron chi connectivity index (χ4n) is 2.24. The number of nitrogen functional groups attached to an aromatic ring is 1. The van der Waals surface area contributed by atoms with E-state index in [9.17, 15) is 4.79 Å². The highest BCUT2D eigenvalue weighted by molar-refractivity contribution is 5.96. The molecule has 1 aliphatic rings. The minimum Gasteiger partial charge on any atom is -0.462 e. The number of rotatable bonds is 5. The Morgan fingerprint density at radius 2 is 2.32 bits per heavy atom. The summed E-state index contributed by atoms with van der Waals surface area (Å²) in [6.07, 6.45) is 2.90. The van der Waals surface area contributed by atoms with E-state index in [-0.39, 0.29) is 5.97 Å². The molecule has 1 heterocycles. The number of carbonyl (C=O) groups is 1. The summed E-state index contributed by atoms with van der Waals surface area (Å²) in [4.78, 5) is 18.1. The monoisotopic (exact) mass is 263 g/mol. The lowest BCUT2D eigenvalue weighted by atomic mass is 10.2. The molecule has 0 bridgehead atoms. The van der Waals surface area contributed by atoms with Crippen molar-refractivity contribution in [3.8, 4) is 0 Å². The van der Waals surface area contributed by atoms with Crippen molar-refractivity contribution in [3.05, 3.63) is 17.8 Å². The van der Waals surface area contributed by atoms with Crippen molar-refractivity contribution in [1.29, 1.82) is 0 Å². The molecule has 1 aromatic heterocycles. The van der Waals surface area contributed by atoms with Crippen LogP contribution in [0.4, 0.5) is 11.5 Å². The van der Waals surface area contributed by atoms with E-state index in [4.69, 9.17) is 10.5 Å². The standard InChI is InChI=1S/C14H21N3O2/c1-4-19-14(18)11-6-13(15)16-7-12(11)17(3)8-10-5-9(10)2/h6-7,9-10H,4-5,8H2,1-3H3,(H2,15,16). The van der Waals surface area contributed by atoms with E-state index < -0.39 is 0 Å². The predicted molar refractivity (Wildman–Crippen MR) is 75.1 cm³/mol. The van der Waals surface area contributed by atoms with Crippen LogP contribution in [0, 0.1) is 11.8 Å². The lowest BCUT2D eigenvalue weighted by Crippen LogP contribution is -2.24. The molecule has 1 fully saturated rings. The molecule has 0 radical (unpaired) electrons. The molecule has 0 saturated heterocycles. The van der Waals surface area contributed by atoms with E-state index >= 15 is 0 Å². The summed E-state index contributed by atoms with van der Waals surface area (Å²) < 4.78 is 5.07. The first-order valence-electron chi connectivity index (χ1n) is 6.66. The summed E-state index contributed by atoms with van der Waals surface area (Å²) in [5.74, 6) is 1.47. The summed E-state index contributed by atoms with van der Waals surface area (Å²) in [5.41, 5.74) is 6.93. The molecule has 104 valence electrons. The Labute approximate surface area is 113 Å². The Bertz CT molecular complexity index is 476. The highest BCUT2D eigenvalue weighted by atomic mass is 16.5. The molecule has 0 aliphatic heterocycles. The lowest BCUT2D eigenvalue weighted by Gasteiger charge is -2.21. The van der Waals surface area contributed by atoms with Crippen molar-refractivity contribution < 1.29 is 9.53 Å². The fraction of sp³-hybridized carbons (Fsp3) is 0.571. The first-order chi connectivity index (χ1) is 9.02. The molecule has 2 N–H and O–H groups in total. The van der Waals surface area contributed by atoms with Gasteiger partial charge in [-0.2, -0.15) is 0 Å². The van der Waals surface area contributed by atoms with Gasteiger partial charge >= 0.3 is 5.97 Å². The quantitative estimate of drug-likeness (QED) is 0.822. The van der Waals surface area contributed by atoms with E-state index in [0.29, 0.717) is 23.9 Å². The van der Waals surface area contributed by atoms with Crippen molar-refractivity contribution >= 4 is 17.5 Å². The van der Waals surface area contributed by atoms with Gasteiger partial charge in [0.25, 0.3) is 0 Å². The molecule has 0 aromatic carbocycles. The van der Waals surface area contributed by atoms with Crippen LogP contribution in [0.25, 0.3) is 0 Å². The van der Waals surface area contributed by atoms with Gasteiger partial charge in [-0.1, -0.05) is 6.92 Å². The molecule has 1 aliphatic carbocycles. The average molecular weight is 263 g/mol. The maximum absolute atomic E-state index is 12.0. The van der Waals surface area contributed by atoms with Gasteiger partial charge in [0.15, 0.2) is 0 Å². The number of esters is 1. The minimum atomic E-state index is -0.345. The SMILES string of the molecule is CCOC(=O)c1cc(N)ncc1N(C)CC1CC1C. The van der Waals surface area contributed by atoms with Gasteiger partial charge in [0.1, 0.15) is 5.82 Å². The normalized spacial score (nSPS) is 21.0. The largest absolute Gasteiger partial charge is 0.462 e. The zero-order chi connectivity index (χ0) is 14.0. The number of hydrogen-bond donors (Lipinski definition) is 1. The zero-order valence-corrected chi connectivity index (χ0v) is 11.7. The molecule has 1 saturated carbocycles. The van der Waals surface area contributed by atoms with Gasteiger partial charge in [0.05, 0.1) is 24.1 Å². The number of aromatic nitrogens is 1. The molecule has 2 rings (SSSR count). The maximum atomic E-state index is 12.0. The van der Waals surface area contributed by atoms with Crippen LogP contribution in [-0.2, 0) is 4.74 Å². The first kappa shape index (κ1) is 13.6. The van der Waals surface area contributed by atoms with E-state index in [2.05, 4.69) is 16.8 Å². The molecular formula is C14H21N3O2. The molecule has 0 spiro atoms. The Kier molecular flexibility index (Phi) is 3.93. The Morgan fingerprint density at radius 3 is 2.89 bits per heavy atom. The number of anilines is 2. The van der Waals surface area contributed by atoms with E-state index in [1.54, 1.807) is 19.2 Å². The number of ether oxygens (including phenoxy) is 1. The van der Waals surface area contributed by atoms with Gasteiger partial charge in [-0.3, -0.25) is 0 Å². The fourth-order valence-corrected chi connectivity index (χ4v) is 2.24. The van der Waals surface area contributed by atoms with Gasteiger partial charge < -0.3 is 15.4 Å². The summed E-state index contributed by atoms with van der Waals surface area (Å²) in [5, 5.41) is 0. The van der Waals surface area contributed by atoms with Crippen LogP contribution in [0.2, 0.25) is 0 Å². The van der Waals surface area contributed by atoms with Crippen molar-refractivity contribution in [3.63, 3.8) is 0 Å². The first-order valence-corrected chi connectivity index (χ1v) is 6.66. The van der Waals surface area contributed by atoms with Crippen LogP contribution in [-0.4, -0.2) is 31.2 Å². The second kappa shape index (κ2) is 5.47. The number of carbonyl (C=O) groups excluding carboxylic acids is 1. The predicted octanol–water partition coefficient (Wildman–Crippen LogP) is 1.93. The summed E-state index contributed by atoms with van der Waals surface area (Å²) >= 11 is 0. The molecule has 2 unspecified atom stereocenters. The number of pyridine rings is 1. The third-order valence-electron chi connectivity index (χ3n) is 3.60. The molecule has 19 heavy (non-hydrogen) atoms. The number of nitrogens with zero attached hydrogens (tertiary/aromatic N) is 2. The molecule has 1 aromatic rings. The lowest BCUT2D eigenvalue weighted by molar-refractivity contribution is 0.0527. The summed E-state index contributed by atoms with van der Waals surface area (Å²) in [6, 6.07) is 1.58. The average Bonchev–Trinajstić information content (AvgIpc) is 3.04. The van der Waals surface area contributed by atoms with E-state index in [1.165, 1.54) is 6.42 Å². The molecule has 5 nitrogen and oxygen atoms in total. The van der Waals surface area contributed by atoms with Crippen LogP contribution in [0.3, 0.4) is 0 Å².